The van der Waals surface area contributed by atoms with E-state index in [1.54, 1.807) is 4.90 Å². The van der Waals surface area contributed by atoms with Crippen LogP contribution < -0.4 is 10.2 Å². The van der Waals surface area contributed by atoms with Crippen LogP contribution in [0.1, 0.15) is 40.7 Å². The Balaban J connectivity index is 1.42. The van der Waals surface area contributed by atoms with E-state index >= 15 is 0 Å². The van der Waals surface area contributed by atoms with Crippen LogP contribution in [-0.4, -0.2) is 46.4 Å². The third-order valence-corrected chi connectivity index (χ3v) is 6.29. The van der Waals surface area contributed by atoms with Gasteiger partial charge in [0.1, 0.15) is 4.88 Å². The van der Waals surface area contributed by atoms with Crippen LogP contribution >= 0.6 is 11.3 Å². The van der Waals surface area contributed by atoms with Crippen LogP contribution in [0, 0.1) is 12.3 Å². The average molecular weight is 373 g/mol. The van der Waals surface area contributed by atoms with Crippen LogP contribution in [0.3, 0.4) is 0 Å². The van der Waals surface area contributed by atoms with Gasteiger partial charge in [-0.2, -0.15) is 0 Å². The molecule has 0 unspecified atom stereocenters. The number of urea groups is 1. The number of aromatic amines is 1. The summed E-state index contributed by atoms with van der Waals surface area (Å²) < 4.78 is 0. The third-order valence-electron chi connectivity index (χ3n) is 5.11. The Kier molecular flexibility index (Phi) is 4.22. The molecule has 1 saturated carbocycles. The van der Waals surface area contributed by atoms with Crippen molar-refractivity contribution in [1.82, 2.24) is 20.2 Å². The number of thiazole rings is 1. The number of aryl methyl sites for hydroxylation is 1. The first-order valence-electron chi connectivity index (χ1n) is 8.89. The van der Waals surface area contributed by atoms with Crippen molar-refractivity contribution >= 4 is 28.4 Å². The molecule has 3 amide bonds. The van der Waals surface area contributed by atoms with Gasteiger partial charge in [-0.15, -0.1) is 0 Å². The number of anilines is 1. The van der Waals surface area contributed by atoms with E-state index in [0.29, 0.717) is 34.2 Å². The molecule has 8 heteroatoms. The first-order chi connectivity index (χ1) is 12.5. The fraction of sp³-hybridized carbons (Fsp3) is 0.500. The lowest BCUT2D eigenvalue weighted by Gasteiger charge is -2.20. The van der Waals surface area contributed by atoms with Crippen LogP contribution in [0.4, 0.5) is 9.93 Å². The number of nitrogens with one attached hydrogen (secondary N) is 2. The predicted molar refractivity (Wildman–Crippen MR) is 100 cm³/mol. The maximum Gasteiger partial charge on any atom is 0.326 e. The molecule has 0 radical (unpaired) electrons. The van der Waals surface area contributed by atoms with E-state index < -0.39 is 0 Å². The number of rotatable bonds is 6. The molecule has 2 N–H and O–H groups in total. The second kappa shape index (κ2) is 6.42. The van der Waals surface area contributed by atoms with Gasteiger partial charge in [0.2, 0.25) is 0 Å². The normalized spacial score (nSPS) is 18.5. The second-order valence-corrected chi connectivity index (χ2v) is 8.46. The van der Waals surface area contributed by atoms with Crippen molar-refractivity contribution in [1.29, 1.82) is 0 Å². The van der Waals surface area contributed by atoms with E-state index in [-0.39, 0.29) is 11.9 Å². The summed E-state index contributed by atoms with van der Waals surface area (Å²) in [6.45, 7) is 6.67. The van der Waals surface area contributed by atoms with Gasteiger partial charge in [0, 0.05) is 38.6 Å². The molecule has 0 atom stereocenters. The number of hydrogen-bond acceptors (Lipinski definition) is 4. The Morgan fingerprint density at radius 1 is 1.42 bits per heavy atom. The number of carbonyl (C=O) groups is 2. The first kappa shape index (κ1) is 17.1. The largest absolute Gasteiger partial charge is 0.367 e. The maximum atomic E-state index is 12.7. The van der Waals surface area contributed by atoms with Gasteiger partial charge in [0.25, 0.3) is 5.91 Å². The number of hydrogen-bond donors (Lipinski definition) is 2. The molecule has 0 bridgehead atoms. The molecule has 1 saturated heterocycles. The minimum atomic E-state index is -0.151. The number of H-pyrrole nitrogens is 1. The highest BCUT2D eigenvalue weighted by Crippen LogP contribution is 2.46. The summed E-state index contributed by atoms with van der Waals surface area (Å²) in [5.74, 6) is -0.151. The Labute approximate surface area is 156 Å². The summed E-state index contributed by atoms with van der Waals surface area (Å²) in [4.78, 5) is 36.8. The van der Waals surface area contributed by atoms with Crippen molar-refractivity contribution in [2.75, 3.05) is 24.5 Å². The SMILES string of the molecule is Cc1nc(N2CCN(CC3(C)CC3)C2=O)sc1C(=O)NCc1cc[nH]c1. The fourth-order valence-electron chi connectivity index (χ4n) is 3.18. The lowest BCUT2D eigenvalue weighted by atomic mass is 10.1. The van der Waals surface area contributed by atoms with Crippen molar-refractivity contribution in [3.8, 4) is 0 Å². The van der Waals surface area contributed by atoms with Gasteiger partial charge in [-0.25, -0.2) is 9.78 Å². The molecular formula is C18H23N5O2S. The molecule has 2 aliphatic rings. The maximum absolute atomic E-state index is 12.7. The van der Waals surface area contributed by atoms with Crippen LogP contribution in [0.2, 0.25) is 0 Å². The number of amides is 3. The summed E-state index contributed by atoms with van der Waals surface area (Å²) in [6.07, 6.45) is 6.06. The van der Waals surface area contributed by atoms with Gasteiger partial charge in [0.15, 0.2) is 5.13 Å². The number of carbonyl (C=O) groups excluding carboxylic acids is 2. The van der Waals surface area contributed by atoms with E-state index in [0.717, 1.165) is 18.7 Å². The summed E-state index contributed by atoms with van der Waals surface area (Å²) in [5, 5.41) is 3.52. The molecule has 2 fully saturated rings. The molecule has 3 heterocycles. The summed E-state index contributed by atoms with van der Waals surface area (Å²) in [7, 11) is 0. The zero-order valence-electron chi connectivity index (χ0n) is 15.0. The van der Waals surface area contributed by atoms with E-state index in [2.05, 4.69) is 22.2 Å². The van der Waals surface area contributed by atoms with Crippen molar-refractivity contribution in [3.05, 3.63) is 34.6 Å². The van der Waals surface area contributed by atoms with Crippen LogP contribution in [0.5, 0.6) is 0 Å². The molecule has 0 aromatic carbocycles. The molecule has 7 nitrogen and oxygen atoms in total. The Morgan fingerprint density at radius 3 is 2.92 bits per heavy atom. The summed E-state index contributed by atoms with van der Waals surface area (Å²) in [6, 6.07) is 1.93. The van der Waals surface area contributed by atoms with Gasteiger partial charge >= 0.3 is 6.03 Å². The van der Waals surface area contributed by atoms with Crippen LogP contribution in [0.15, 0.2) is 18.5 Å². The summed E-state index contributed by atoms with van der Waals surface area (Å²) in [5.41, 5.74) is 1.98. The van der Waals surface area contributed by atoms with Gasteiger partial charge in [-0.05, 0) is 36.8 Å². The van der Waals surface area contributed by atoms with E-state index in [1.807, 2.05) is 30.3 Å². The lowest BCUT2D eigenvalue weighted by molar-refractivity contribution is 0.0954. The molecule has 4 rings (SSSR count). The monoisotopic (exact) mass is 373 g/mol. The molecule has 2 aromatic rings. The standard InChI is InChI=1S/C18H23N5O2S/c1-12-14(15(24)20-10-13-3-6-19-9-13)26-16(21-12)23-8-7-22(17(23)25)11-18(2)4-5-18/h3,6,9,19H,4-5,7-8,10-11H2,1-2H3,(H,20,24). The van der Waals surface area contributed by atoms with Crippen molar-refractivity contribution < 1.29 is 9.59 Å². The second-order valence-electron chi connectivity index (χ2n) is 7.48. The van der Waals surface area contributed by atoms with Crippen molar-refractivity contribution in [3.63, 3.8) is 0 Å². The molecule has 1 aliphatic heterocycles. The highest BCUT2D eigenvalue weighted by atomic mass is 32.1. The minimum Gasteiger partial charge on any atom is -0.367 e. The zero-order chi connectivity index (χ0) is 18.3. The van der Waals surface area contributed by atoms with Crippen molar-refractivity contribution in [2.24, 2.45) is 5.41 Å². The Bertz CT molecular complexity index is 825. The number of nitrogens with zero attached hydrogens (tertiary/aromatic N) is 3. The van der Waals surface area contributed by atoms with Crippen LogP contribution in [-0.2, 0) is 6.54 Å². The zero-order valence-corrected chi connectivity index (χ0v) is 15.9. The highest BCUT2D eigenvalue weighted by molar-refractivity contribution is 7.17. The third kappa shape index (κ3) is 3.33. The van der Waals surface area contributed by atoms with E-state index in [4.69, 9.17) is 0 Å². The first-order valence-corrected chi connectivity index (χ1v) is 9.71. The molecule has 26 heavy (non-hydrogen) atoms. The smallest absolute Gasteiger partial charge is 0.326 e. The molecule has 2 aromatic heterocycles. The van der Waals surface area contributed by atoms with Crippen LogP contribution in [0.25, 0.3) is 0 Å². The number of aromatic nitrogens is 2. The van der Waals surface area contributed by atoms with E-state index in [9.17, 15) is 9.59 Å². The predicted octanol–water partition coefficient (Wildman–Crippen LogP) is 2.75. The minimum absolute atomic E-state index is 0.00570. The Hall–Kier alpha value is -2.35. The molecule has 0 spiro atoms. The van der Waals surface area contributed by atoms with Gasteiger partial charge in [-0.3, -0.25) is 9.69 Å². The molecule has 138 valence electrons. The van der Waals surface area contributed by atoms with Gasteiger partial charge in [-0.1, -0.05) is 18.3 Å². The molecular weight excluding hydrogens is 350 g/mol. The highest BCUT2D eigenvalue weighted by Gasteiger charge is 2.43. The fourth-order valence-corrected chi connectivity index (χ4v) is 4.18. The average Bonchev–Trinajstić information content (AvgIpc) is 3.02. The van der Waals surface area contributed by atoms with E-state index in [1.165, 1.54) is 24.2 Å². The van der Waals surface area contributed by atoms with Crippen molar-refractivity contribution in [2.45, 2.75) is 33.2 Å². The topological polar surface area (TPSA) is 81.3 Å². The molecule has 1 aliphatic carbocycles. The lowest BCUT2D eigenvalue weighted by Crippen LogP contribution is -2.35. The summed E-state index contributed by atoms with van der Waals surface area (Å²) >= 11 is 1.29. The Morgan fingerprint density at radius 2 is 2.23 bits per heavy atom. The quantitative estimate of drug-likeness (QED) is 0.817. The van der Waals surface area contributed by atoms with Gasteiger partial charge < -0.3 is 15.2 Å². The van der Waals surface area contributed by atoms with Gasteiger partial charge in [0.05, 0.1) is 5.69 Å².